The molecule has 0 amide bonds. The van der Waals surface area contributed by atoms with Gasteiger partial charge >= 0.3 is 5.97 Å². The molecule has 0 unspecified atom stereocenters. The fourth-order valence-corrected chi connectivity index (χ4v) is 4.67. The van der Waals surface area contributed by atoms with Crippen LogP contribution >= 0.6 is 22.9 Å². The highest BCUT2D eigenvalue weighted by Gasteiger charge is 2.15. The van der Waals surface area contributed by atoms with Crippen LogP contribution in [0.25, 0.3) is 0 Å². The second kappa shape index (κ2) is 13.1. The van der Waals surface area contributed by atoms with E-state index in [1.165, 1.54) is 5.56 Å². The molecule has 178 valence electrons. The predicted molar refractivity (Wildman–Crippen MR) is 140 cm³/mol. The number of likely N-dealkylation sites (N-methyl/N-ethyl adjacent to an activating group) is 1. The number of aromatic nitrogens is 1. The van der Waals surface area contributed by atoms with Crippen LogP contribution in [-0.4, -0.2) is 39.5 Å². The maximum Gasteiger partial charge on any atom is 0.317 e. The number of hydrogen-bond donors (Lipinski definition) is 1. The molecule has 0 radical (unpaired) electrons. The van der Waals surface area contributed by atoms with Crippen LogP contribution in [0.5, 0.6) is 0 Å². The molecule has 0 aliphatic rings. The molecule has 5 nitrogen and oxygen atoms in total. The van der Waals surface area contributed by atoms with E-state index in [9.17, 15) is 9.90 Å². The van der Waals surface area contributed by atoms with Gasteiger partial charge in [0.15, 0.2) is 0 Å². The zero-order valence-corrected chi connectivity index (χ0v) is 21.1. The van der Waals surface area contributed by atoms with Crippen molar-refractivity contribution >= 4 is 28.9 Å². The minimum absolute atomic E-state index is 0.0710. The number of halogens is 1. The molecule has 1 N–H and O–H groups in total. The van der Waals surface area contributed by atoms with Crippen LogP contribution in [0.1, 0.15) is 28.8 Å². The van der Waals surface area contributed by atoms with Gasteiger partial charge in [-0.15, -0.1) is 11.3 Å². The lowest BCUT2D eigenvalue weighted by atomic mass is 10.2. The van der Waals surface area contributed by atoms with Crippen LogP contribution in [0.3, 0.4) is 0 Å². The van der Waals surface area contributed by atoms with Crippen LogP contribution in [0.4, 0.5) is 0 Å². The number of carboxylic acid groups (broad SMARTS) is 1. The highest BCUT2D eigenvalue weighted by atomic mass is 35.5. The van der Waals surface area contributed by atoms with E-state index >= 15 is 0 Å². The zero-order valence-electron chi connectivity index (χ0n) is 19.5. The average molecular weight is 496 g/mol. The molecule has 3 rings (SSSR count). The summed E-state index contributed by atoms with van der Waals surface area (Å²) in [6, 6.07) is 17.9. The molecule has 7 heteroatoms. The number of carbonyl (C=O) groups is 1. The fourth-order valence-electron chi connectivity index (χ4n) is 3.63. The van der Waals surface area contributed by atoms with Crippen LogP contribution in [0.2, 0.25) is 5.02 Å². The molecule has 0 aliphatic heterocycles. The molecular formula is C27H30ClN3O2S. The Morgan fingerprint density at radius 1 is 1.09 bits per heavy atom. The first-order chi connectivity index (χ1) is 16.4. The van der Waals surface area contributed by atoms with Crippen LogP contribution in [-0.2, 0) is 30.8 Å². The minimum Gasteiger partial charge on any atom is -0.480 e. The van der Waals surface area contributed by atoms with Crippen LogP contribution in [0.15, 0.2) is 83.9 Å². The maximum atomic E-state index is 11.4. The lowest BCUT2D eigenvalue weighted by Crippen LogP contribution is -2.29. The zero-order chi connectivity index (χ0) is 24.3. The Labute approximate surface area is 210 Å². The van der Waals surface area contributed by atoms with E-state index in [4.69, 9.17) is 16.6 Å². The van der Waals surface area contributed by atoms with Crippen molar-refractivity contribution in [3.63, 3.8) is 0 Å². The lowest BCUT2D eigenvalue weighted by molar-refractivity contribution is -0.138. The SMILES string of the molecule is C/C=C(\C=C/Cc1csc(CN(CC(=O)O)Cc2ccccc2Cl)n1)N(C)Cc1ccccc1. The summed E-state index contributed by atoms with van der Waals surface area (Å²) in [6.45, 7) is 3.73. The van der Waals surface area contributed by atoms with Crippen molar-refractivity contribution in [3.05, 3.63) is 111 Å². The van der Waals surface area contributed by atoms with Crippen molar-refractivity contribution < 1.29 is 9.90 Å². The molecule has 0 aliphatic carbocycles. The van der Waals surface area contributed by atoms with Gasteiger partial charge in [-0.2, -0.15) is 0 Å². The van der Waals surface area contributed by atoms with Crippen molar-refractivity contribution in [2.75, 3.05) is 13.6 Å². The van der Waals surface area contributed by atoms with E-state index in [0.717, 1.165) is 34.9 Å². The third kappa shape index (κ3) is 8.13. The first-order valence-corrected chi connectivity index (χ1v) is 12.4. The largest absolute Gasteiger partial charge is 0.480 e. The van der Waals surface area contributed by atoms with Gasteiger partial charge in [-0.1, -0.05) is 72.3 Å². The van der Waals surface area contributed by atoms with Gasteiger partial charge in [0.25, 0.3) is 0 Å². The van der Waals surface area contributed by atoms with Gasteiger partial charge in [0, 0.05) is 42.7 Å². The summed E-state index contributed by atoms with van der Waals surface area (Å²) >= 11 is 7.83. The van der Waals surface area contributed by atoms with Gasteiger partial charge in [0.2, 0.25) is 0 Å². The van der Waals surface area contributed by atoms with E-state index in [1.807, 2.05) is 47.5 Å². The lowest BCUT2D eigenvalue weighted by Gasteiger charge is -2.20. The van der Waals surface area contributed by atoms with Crippen molar-refractivity contribution in [2.45, 2.75) is 33.0 Å². The summed E-state index contributed by atoms with van der Waals surface area (Å²) in [5, 5.41) is 12.9. The molecule has 0 atom stereocenters. The smallest absolute Gasteiger partial charge is 0.317 e. The molecular weight excluding hydrogens is 466 g/mol. The first-order valence-electron chi connectivity index (χ1n) is 11.1. The Morgan fingerprint density at radius 3 is 2.53 bits per heavy atom. The summed E-state index contributed by atoms with van der Waals surface area (Å²) < 4.78 is 0. The normalized spacial score (nSPS) is 11.9. The van der Waals surface area contributed by atoms with Crippen molar-refractivity contribution in [1.29, 1.82) is 0 Å². The highest BCUT2D eigenvalue weighted by molar-refractivity contribution is 7.09. The fraction of sp³-hybridized carbons (Fsp3) is 0.259. The van der Waals surface area contributed by atoms with Crippen LogP contribution in [0, 0.1) is 0 Å². The Bertz CT molecular complexity index is 1130. The second-order valence-corrected chi connectivity index (χ2v) is 9.37. The van der Waals surface area contributed by atoms with Gasteiger partial charge in [0.1, 0.15) is 5.01 Å². The average Bonchev–Trinajstić information content (AvgIpc) is 3.25. The molecule has 2 aromatic carbocycles. The standard InChI is InChI=1S/C27H30ClN3O2S/c1-3-24(30(2)16-21-10-5-4-6-11-21)14-9-13-23-20-34-26(29-23)18-31(19-27(32)33)17-22-12-7-8-15-25(22)28/h3-12,14-15,20H,13,16-19H2,1-2H3,(H,32,33)/b14-9-,24-3+. The molecule has 0 spiro atoms. The van der Waals surface area contributed by atoms with Gasteiger partial charge in [0.05, 0.1) is 18.8 Å². The van der Waals surface area contributed by atoms with Crippen molar-refractivity contribution in [2.24, 2.45) is 0 Å². The summed E-state index contributed by atoms with van der Waals surface area (Å²) in [4.78, 5) is 20.2. The number of rotatable bonds is 12. The maximum absolute atomic E-state index is 11.4. The van der Waals surface area contributed by atoms with E-state index in [1.54, 1.807) is 11.3 Å². The van der Waals surface area contributed by atoms with Gasteiger partial charge < -0.3 is 10.0 Å². The van der Waals surface area contributed by atoms with E-state index < -0.39 is 5.97 Å². The topological polar surface area (TPSA) is 56.7 Å². The first kappa shape index (κ1) is 25.7. The Balaban J connectivity index is 1.58. The minimum atomic E-state index is -0.870. The Morgan fingerprint density at radius 2 is 1.82 bits per heavy atom. The number of allylic oxidation sites excluding steroid dienone is 3. The summed E-state index contributed by atoms with van der Waals surface area (Å²) in [7, 11) is 2.09. The van der Waals surface area contributed by atoms with Gasteiger partial charge in [-0.25, -0.2) is 4.98 Å². The number of nitrogens with zero attached hydrogens (tertiary/aromatic N) is 3. The van der Waals surface area contributed by atoms with E-state index in [-0.39, 0.29) is 6.54 Å². The molecule has 0 bridgehead atoms. The number of benzene rings is 2. The number of aliphatic carboxylic acids is 1. The molecule has 0 saturated carbocycles. The van der Waals surface area contributed by atoms with E-state index in [2.05, 4.69) is 54.4 Å². The third-order valence-corrected chi connectivity index (χ3v) is 6.53. The highest BCUT2D eigenvalue weighted by Crippen LogP contribution is 2.20. The summed E-state index contributed by atoms with van der Waals surface area (Å²) in [5.41, 5.74) is 4.30. The second-order valence-electron chi connectivity index (χ2n) is 8.02. The monoisotopic (exact) mass is 495 g/mol. The molecule has 1 heterocycles. The quantitative estimate of drug-likeness (QED) is 0.311. The predicted octanol–water partition coefficient (Wildman–Crippen LogP) is 6.02. The number of thiazole rings is 1. The van der Waals surface area contributed by atoms with Crippen LogP contribution < -0.4 is 0 Å². The summed E-state index contributed by atoms with van der Waals surface area (Å²) in [5.74, 6) is -0.870. The Hall–Kier alpha value is -2.93. The summed E-state index contributed by atoms with van der Waals surface area (Å²) in [6.07, 6.45) is 7.06. The molecule has 3 aromatic rings. The molecule has 34 heavy (non-hydrogen) atoms. The van der Waals surface area contributed by atoms with E-state index in [0.29, 0.717) is 18.1 Å². The molecule has 0 saturated heterocycles. The van der Waals surface area contributed by atoms with Crippen molar-refractivity contribution in [3.8, 4) is 0 Å². The third-order valence-electron chi connectivity index (χ3n) is 5.28. The van der Waals surface area contributed by atoms with Crippen molar-refractivity contribution in [1.82, 2.24) is 14.8 Å². The molecule has 0 fully saturated rings. The van der Waals surface area contributed by atoms with Gasteiger partial charge in [-0.3, -0.25) is 9.69 Å². The van der Waals surface area contributed by atoms with Gasteiger partial charge in [-0.05, 0) is 30.2 Å². The molecule has 1 aromatic heterocycles. The number of carboxylic acids is 1. The Kier molecular flexibility index (Phi) is 9.89. The number of hydrogen-bond acceptors (Lipinski definition) is 5.